The van der Waals surface area contributed by atoms with E-state index in [0.717, 1.165) is 12.3 Å². The fourth-order valence-electron chi connectivity index (χ4n) is 2.91. The highest BCUT2D eigenvalue weighted by Crippen LogP contribution is 2.30. The molecule has 2 rings (SSSR count). The molecule has 0 aliphatic heterocycles. The zero-order valence-corrected chi connectivity index (χ0v) is 13.6. The van der Waals surface area contributed by atoms with Crippen molar-refractivity contribution in [1.29, 1.82) is 0 Å². The second kappa shape index (κ2) is 6.36. The molecule has 1 fully saturated rings. The highest BCUT2D eigenvalue weighted by Gasteiger charge is 2.22. The Bertz CT molecular complexity index is 386. The van der Waals surface area contributed by atoms with Gasteiger partial charge in [-0.05, 0) is 19.4 Å². The van der Waals surface area contributed by atoms with E-state index in [9.17, 15) is 0 Å². The number of rotatable bonds is 5. The summed E-state index contributed by atoms with van der Waals surface area (Å²) in [6, 6.07) is 0.599. The number of hydrogen-bond acceptors (Lipinski definition) is 3. The highest BCUT2D eigenvalue weighted by molar-refractivity contribution is 7.09. The average Bonchev–Trinajstić information content (AvgIpc) is 2.98. The van der Waals surface area contributed by atoms with Crippen LogP contribution in [0.2, 0.25) is 0 Å². The zero-order chi connectivity index (χ0) is 13.9. The lowest BCUT2D eigenvalue weighted by Crippen LogP contribution is -2.29. The van der Waals surface area contributed by atoms with Crippen LogP contribution in [0.4, 0.5) is 0 Å². The van der Waals surface area contributed by atoms with Crippen molar-refractivity contribution in [3.8, 4) is 0 Å². The average molecular weight is 280 g/mol. The molecule has 108 valence electrons. The smallest absolute Gasteiger partial charge is 0.0944 e. The van der Waals surface area contributed by atoms with Crippen LogP contribution in [-0.4, -0.2) is 18.1 Å². The summed E-state index contributed by atoms with van der Waals surface area (Å²) in [6.45, 7) is 6.71. The van der Waals surface area contributed by atoms with Gasteiger partial charge in [0.05, 0.1) is 10.7 Å². The summed E-state index contributed by atoms with van der Waals surface area (Å²) in [7, 11) is 2.10. The van der Waals surface area contributed by atoms with Crippen LogP contribution < -0.4 is 5.32 Å². The van der Waals surface area contributed by atoms with E-state index in [0.29, 0.717) is 6.04 Å². The third-order valence-corrected chi connectivity index (χ3v) is 5.11. The standard InChI is InChI=1S/C16H28N2S/c1-16(2,3)14-11-19-15(18-14)10-13(17-4)9-12-7-5-6-8-12/h11-13,17H,5-10H2,1-4H3. The Morgan fingerprint density at radius 3 is 2.58 bits per heavy atom. The molecule has 0 aromatic carbocycles. The number of nitrogens with one attached hydrogen (secondary N) is 1. The largest absolute Gasteiger partial charge is 0.317 e. The zero-order valence-electron chi connectivity index (χ0n) is 12.8. The Kier molecular flexibility index (Phi) is 5.02. The first kappa shape index (κ1) is 15.0. The minimum Gasteiger partial charge on any atom is -0.317 e. The number of nitrogens with zero attached hydrogens (tertiary/aromatic N) is 1. The Hall–Kier alpha value is -0.410. The first-order chi connectivity index (χ1) is 8.99. The van der Waals surface area contributed by atoms with Crippen molar-refractivity contribution in [3.05, 3.63) is 16.1 Å². The van der Waals surface area contributed by atoms with Gasteiger partial charge in [0, 0.05) is 23.3 Å². The van der Waals surface area contributed by atoms with Gasteiger partial charge in [0.2, 0.25) is 0 Å². The maximum absolute atomic E-state index is 4.82. The van der Waals surface area contributed by atoms with Crippen molar-refractivity contribution < 1.29 is 0 Å². The van der Waals surface area contributed by atoms with Gasteiger partial charge in [-0.15, -0.1) is 11.3 Å². The Balaban J connectivity index is 1.92. The molecule has 0 bridgehead atoms. The van der Waals surface area contributed by atoms with Crippen molar-refractivity contribution in [2.45, 2.75) is 70.8 Å². The normalized spacial score (nSPS) is 18.9. The molecule has 1 N–H and O–H groups in total. The third kappa shape index (κ3) is 4.28. The first-order valence-electron chi connectivity index (χ1n) is 7.61. The maximum atomic E-state index is 4.82. The highest BCUT2D eigenvalue weighted by atomic mass is 32.1. The van der Waals surface area contributed by atoms with Gasteiger partial charge in [-0.2, -0.15) is 0 Å². The molecule has 2 nitrogen and oxygen atoms in total. The molecule has 1 aromatic heterocycles. The van der Waals surface area contributed by atoms with Crippen molar-refractivity contribution in [2.75, 3.05) is 7.05 Å². The maximum Gasteiger partial charge on any atom is 0.0944 e. The van der Waals surface area contributed by atoms with Gasteiger partial charge >= 0.3 is 0 Å². The number of hydrogen-bond donors (Lipinski definition) is 1. The van der Waals surface area contributed by atoms with Crippen molar-refractivity contribution in [1.82, 2.24) is 10.3 Å². The fraction of sp³-hybridized carbons (Fsp3) is 0.812. The summed E-state index contributed by atoms with van der Waals surface area (Å²) in [4.78, 5) is 4.82. The van der Waals surface area contributed by atoms with Crippen LogP contribution >= 0.6 is 11.3 Å². The van der Waals surface area contributed by atoms with Gasteiger partial charge < -0.3 is 5.32 Å². The van der Waals surface area contributed by atoms with Gasteiger partial charge in [0.25, 0.3) is 0 Å². The van der Waals surface area contributed by atoms with Crippen LogP contribution in [-0.2, 0) is 11.8 Å². The summed E-state index contributed by atoms with van der Waals surface area (Å²) >= 11 is 1.83. The summed E-state index contributed by atoms with van der Waals surface area (Å²) in [5, 5.41) is 7.02. The molecule has 3 heteroatoms. The van der Waals surface area contributed by atoms with Gasteiger partial charge in [0.1, 0.15) is 0 Å². The minimum atomic E-state index is 0.176. The lowest BCUT2D eigenvalue weighted by molar-refractivity contribution is 0.402. The predicted octanol–water partition coefficient (Wildman–Crippen LogP) is 4.15. The molecule has 1 unspecified atom stereocenters. The SMILES string of the molecule is CNC(Cc1nc(C(C)(C)C)cs1)CC1CCCC1. The molecule has 1 aliphatic carbocycles. The van der Waals surface area contributed by atoms with E-state index < -0.39 is 0 Å². The van der Waals surface area contributed by atoms with Gasteiger partial charge in [-0.25, -0.2) is 4.98 Å². The monoisotopic (exact) mass is 280 g/mol. The quantitative estimate of drug-likeness (QED) is 0.876. The van der Waals surface area contributed by atoms with Gasteiger partial charge in [-0.1, -0.05) is 46.5 Å². The topological polar surface area (TPSA) is 24.9 Å². The molecule has 0 radical (unpaired) electrons. The van der Waals surface area contributed by atoms with Crippen LogP contribution in [0.25, 0.3) is 0 Å². The van der Waals surface area contributed by atoms with Crippen LogP contribution in [0.15, 0.2) is 5.38 Å². The van der Waals surface area contributed by atoms with Crippen LogP contribution in [0.3, 0.4) is 0 Å². The van der Waals surface area contributed by atoms with Gasteiger partial charge in [0.15, 0.2) is 0 Å². The summed E-state index contributed by atoms with van der Waals surface area (Å²) in [5.74, 6) is 0.944. The summed E-state index contributed by atoms with van der Waals surface area (Å²) in [6.07, 6.45) is 8.15. The Labute approximate surface area is 122 Å². The molecule has 19 heavy (non-hydrogen) atoms. The number of likely N-dealkylation sites (N-methyl/N-ethyl adjacent to an activating group) is 1. The number of thiazole rings is 1. The van der Waals surface area contributed by atoms with Crippen molar-refractivity contribution in [3.63, 3.8) is 0 Å². The second-order valence-electron chi connectivity index (χ2n) is 6.95. The molecule has 1 heterocycles. The molecule has 0 spiro atoms. The molecule has 0 amide bonds. The minimum absolute atomic E-state index is 0.176. The lowest BCUT2D eigenvalue weighted by atomic mass is 9.93. The van der Waals surface area contributed by atoms with E-state index in [1.165, 1.54) is 42.8 Å². The van der Waals surface area contributed by atoms with Crippen LogP contribution in [0.5, 0.6) is 0 Å². The van der Waals surface area contributed by atoms with Gasteiger partial charge in [-0.3, -0.25) is 0 Å². The summed E-state index contributed by atoms with van der Waals surface area (Å²) in [5.41, 5.74) is 1.42. The lowest BCUT2D eigenvalue weighted by Gasteiger charge is -2.19. The molecular formula is C16H28N2S. The molecule has 1 aliphatic rings. The molecule has 1 saturated carbocycles. The Morgan fingerprint density at radius 1 is 1.37 bits per heavy atom. The van der Waals surface area contributed by atoms with Crippen molar-refractivity contribution >= 4 is 11.3 Å². The Morgan fingerprint density at radius 2 is 2.05 bits per heavy atom. The fourth-order valence-corrected chi connectivity index (χ4v) is 4.01. The van der Waals surface area contributed by atoms with E-state index in [1.807, 2.05) is 11.3 Å². The van der Waals surface area contributed by atoms with Crippen LogP contribution in [0.1, 0.15) is 63.6 Å². The molecule has 1 aromatic rings. The van der Waals surface area contributed by atoms with E-state index in [2.05, 4.69) is 38.5 Å². The van der Waals surface area contributed by atoms with Crippen molar-refractivity contribution in [2.24, 2.45) is 5.92 Å². The first-order valence-corrected chi connectivity index (χ1v) is 8.49. The summed E-state index contributed by atoms with van der Waals surface area (Å²) < 4.78 is 0. The second-order valence-corrected chi connectivity index (χ2v) is 7.90. The number of aromatic nitrogens is 1. The van der Waals surface area contributed by atoms with E-state index in [-0.39, 0.29) is 5.41 Å². The third-order valence-electron chi connectivity index (χ3n) is 4.24. The van der Waals surface area contributed by atoms with E-state index in [4.69, 9.17) is 4.98 Å². The predicted molar refractivity (Wildman–Crippen MR) is 83.9 cm³/mol. The van der Waals surface area contributed by atoms with E-state index >= 15 is 0 Å². The molecule has 1 atom stereocenters. The van der Waals surface area contributed by atoms with Crippen LogP contribution in [0, 0.1) is 5.92 Å². The molecular weight excluding hydrogens is 252 g/mol. The molecule has 0 saturated heterocycles. The van der Waals surface area contributed by atoms with E-state index in [1.54, 1.807) is 0 Å².